The van der Waals surface area contributed by atoms with E-state index in [-0.39, 0.29) is 18.3 Å². The number of amides is 1. The normalized spacial score (nSPS) is 36.5. The molecule has 2 unspecified atom stereocenters. The molecule has 0 radical (unpaired) electrons. The summed E-state index contributed by atoms with van der Waals surface area (Å²) in [6, 6.07) is 0. The van der Waals surface area contributed by atoms with Gasteiger partial charge in [0.25, 0.3) is 0 Å². The molecule has 3 atom stereocenters. The van der Waals surface area contributed by atoms with E-state index in [9.17, 15) is 4.79 Å². The van der Waals surface area contributed by atoms with Crippen molar-refractivity contribution >= 4 is 18.3 Å². The molecule has 0 aromatic rings. The van der Waals surface area contributed by atoms with Crippen molar-refractivity contribution in [3.8, 4) is 0 Å². The molecule has 0 aromatic heterocycles. The Morgan fingerprint density at radius 2 is 1.76 bits per heavy atom. The number of rotatable bonds is 1. The molecule has 1 amide bonds. The van der Waals surface area contributed by atoms with Crippen molar-refractivity contribution in [3.63, 3.8) is 0 Å². The van der Waals surface area contributed by atoms with E-state index >= 15 is 0 Å². The molecule has 17 heavy (non-hydrogen) atoms. The Bertz CT molecular complexity index is 267. The van der Waals surface area contributed by atoms with Crippen LogP contribution in [0.4, 0.5) is 0 Å². The van der Waals surface area contributed by atoms with E-state index in [1.54, 1.807) is 0 Å². The number of carbonyl (C=O) groups is 1. The molecule has 98 valence electrons. The molecule has 2 aliphatic heterocycles. The number of halogens is 1. The summed E-state index contributed by atoms with van der Waals surface area (Å²) in [4.78, 5) is 14.5. The summed E-state index contributed by atoms with van der Waals surface area (Å²) in [5, 5.41) is 3.34. The number of hydrogen-bond donors (Lipinski definition) is 1. The van der Waals surface area contributed by atoms with Crippen LogP contribution >= 0.6 is 12.4 Å². The lowest BCUT2D eigenvalue weighted by atomic mass is 9.98. The van der Waals surface area contributed by atoms with Crippen LogP contribution in [0.2, 0.25) is 0 Å². The molecule has 3 fully saturated rings. The molecule has 1 N–H and O–H groups in total. The van der Waals surface area contributed by atoms with Gasteiger partial charge in [-0.2, -0.15) is 0 Å². The first kappa shape index (κ1) is 13.2. The van der Waals surface area contributed by atoms with E-state index in [1.807, 2.05) is 0 Å². The van der Waals surface area contributed by atoms with E-state index in [0.717, 1.165) is 50.9 Å². The lowest BCUT2D eigenvalue weighted by Gasteiger charge is -2.27. The second-order valence-electron chi connectivity index (χ2n) is 5.74. The van der Waals surface area contributed by atoms with Crippen LogP contribution < -0.4 is 5.32 Å². The van der Waals surface area contributed by atoms with Gasteiger partial charge in [-0.05, 0) is 44.1 Å². The highest BCUT2D eigenvalue weighted by Crippen LogP contribution is 2.38. The van der Waals surface area contributed by atoms with Crippen LogP contribution in [0.25, 0.3) is 0 Å². The van der Waals surface area contributed by atoms with Crippen LogP contribution in [0, 0.1) is 17.8 Å². The zero-order chi connectivity index (χ0) is 11.0. The summed E-state index contributed by atoms with van der Waals surface area (Å²) >= 11 is 0. The van der Waals surface area contributed by atoms with E-state index in [1.165, 1.54) is 19.3 Å². The minimum absolute atomic E-state index is 0. The molecule has 1 saturated carbocycles. The predicted molar refractivity (Wildman–Crippen MR) is 70.3 cm³/mol. The van der Waals surface area contributed by atoms with Gasteiger partial charge >= 0.3 is 0 Å². The molecular formula is C13H23ClN2O. The fourth-order valence-electron chi connectivity index (χ4n) is 3.74. The molecule has 3 rings (SSSR count). The molecular weight excluding hydrogens is 236 g/mol. The number of nitrogens with zero attached hydrogens (tertiary/aromatic N) is 1. The van der Waals surface area contributed by atoms with Crippen LogP contribution in [0.1, 0.15) is 32.1 Å². The van der Waals surface area contributed by atoms with Gasteiger partial charge in [0.15, 0.2) is 0 Å². The summed E-state index contributed by atoms with van der Waals surface area (Å²) in [6.07, 6.45) is 6.37. The van der Waals surface area contributed by atoms with Gasteiger partial charge in [0, 0.05) is 19.6 Å². The Morgan fingerprint density at radius 3 is 2.35 bits per heavy atom. The Balaban J connectivity index is 0.00000108. The highest BCUT2D eigenvalue weighted by atomic mass is 35.5. The van der Waals surface area contributed by atoms with Crippen LogP contribution in [0.15, 0.2) is 0 Å². The Morgan fingerprint density at radius 1 is 1.06 bits per heavy atom. The van der Waals surface area contributed by atoms with Crippen molar-refractivity contribution in [2.75, 3.05) is 26.2 Å². The molecule has 3 nitrogen and oxygen atoms in total. The summed E-state index contributed by atoms with van der Waals surface area (Å²) in [5.41, 5.74) is 0. The fraction of sp³-hybridized carbons (Fsp3) is 0.923. The Labute approximate surface area is 110 Å². The third-order valence-electron chi connectivity index (χ3n) is 4.68. The van der Waals surface area contributed by atoms with Gasteiger partial charge < -0.3 is 10.2 Å². The quantitative estimate of drug-likeness (QED) is 0.776. The van der Waals surface area contributed by atoms with Crippen LogP contribution in [-0.4, -0.2) is 37.0 Å². The number of fused-ring (bicyclic) bond motifs is 1. The molecule has 2 saturated heterocycles. The lowest BCUT2D eigenvalue weighted by Crippen LogP contribution is -2.42. The van der Waals surface area contributed by atoms with Crippen LogP contribution in [0.5, 0.6) is 0 Å². The largest absolute Gasteiger partial charge is 0.342 e. The maximum Gasteiger partial charge on any atom is 0.226 e. The SMILES string of the molecule is Cl.O=C([C@@H]1CCCNC1)N1CC2CCCC2C1. The first-order valence-corrected chi connectivity index (χ1v) is 6.84. The molecule has 0 aromatic carbocycles. The van der Waals surface area contributed by atoms with E-state index < -0.39 is 0 Å². The highest BCUT2D eigenvalue weighted by molar-refractivity contribution is 5.85. The maximum atomic E-state index is 12.3. The molecule has 2 heterocycles. The zero-order valence-corrected chi connectivity index (χ0v) is 11.2. The van der Waals surface area contributed by atoms with Crippen molar-refractivity contribution < 1.29 is 4.79 Å². The molecule has 0 bridgehead atoms. The predicted octanol–water partition coefficient (Wildman–Crippen LogP) is 1.67. The van der Waals surface area contributed by atoms with Gasteiger partial charge in [-0.15, -0.1) is 12.4 Å². The smallest absolute Gasteiger partial charge is 0.226 e. The van der Waals surface area contributed by atoms with Crippen LogP contribution in [0.3, 0.4) is 0 Å². The number of piperidine rings is 1. The van der Waals surface area contributed by atoms with Gasteiger partial charge in [-0.1, -0.05) is 6.42 Å². The molecule has 4 heteroatoms. The average molecular weight is 259 g/mol. The summed E-state index contributed by atoms with van der Waals surface area (Å²) < 4.78 is 0. The average Bonchev–Trinajstić information content (AvgIpc) is 2.89. The van der Waals surface area contributed by atoms with E-state index in [4.69, 9.17) is 0 Å². The Kier molecular flexibility index (Phi) is 4.31. The summed E-state index contributed by atoms with van der Waals surface area (Å²) in [5.74, 6) is 2.37. The van der Waals surface area contributed by atoms with Gasteiger partial charge in [-0.3, -0.25) is 4.79 Å². The lowest BCUT2D eigenvalue weighted by molar-refractivity contribution is -0.135. The number of hydrogen-bond acceptors (Lipinski definition) is 2. The Hall–Kier alpha value is -0.280. The zero-order valence-electron chi connectivity index (χ0n) is 10.4. The van der Waals surface area contributed by atoms with Gasteiger partial charge in [-0.25, -0.2) is 0 Å². The minimum atomic E-state index is 0. The third-order valence-corrected chi connectivity index (χ3v) is 4.68. The van der Waals surface area contributed by atoms with Crippen molar-refractivity contribution in [2.45, 2.75) is 32.1 Å². The van der Waals surface area contributed by atoms with Crippen molar-refractivity contribution in [3.05, 3.63) is 0 Å². The first-order valence-electron chi connectivity index (χ1n) is 6.84. The molecule has 3 aliphatic rings. The number of likely N-dealkylation sites (tertiary alicyclic amines) is 1. The minimum Gasteiger partial charge on any atom is -0.342 e. The third kappa shape index (κ3) is 2.60. The summed E-state index contributed by atoms with van der Waals surface area (Å²) in [7, 11) is 0. The second-order valence-corrected chi connectivity index (χ2v) is 5.74. The van der Waals surface area contributed by atoms with Gasteiger partial charge in [0.2, 0.25) is 5.91 Å². The molecule has 0 spiro atoms. The first-order chi connectivity index (χ1) is 7.84. The second kappa shape index (κ2) is 5.57. The van der Waals surface area contributed by atoms with E-state index in [0.29, 0.717) is 5.91 Å². The number of nitrogens with one attached hydrogen (secondary N) is 1. The number of carbonyl (C=O) groups excluding carboxylic acids is 1. The van der Waals surface area contributed by atoms with Crippen LogP contribution in [-0.2, 0) is 4.79 Å². The van der Waals surface area contributed by atoms with Crippen molar-refractivity contribution in [1.29, 1.82) is 0 Å². The van der Waals surface area contributed by atoms with Crippen molar-refractivity contribution in [2.24, 2.45) is 17.8 Å². The monoisotopic (exact) mass is 258 g/mol. The highest BCUT2D eigenvalue weighted by Gasteiger charge is 2.39. The van der Waals surface area contributed by atoms with Gasteiger partial charge in [0.1, 0.15) is 0 Å². The van der Waals surface area contributed by atoms with Crippen molar-refractivity contribution in [1.82, 2.24) is 10.2 Å². The fourth-order valence-corrected chi connectivity index (χ4v) is 3.74. The summed E-state index contributed by atoms with van der Waals surface area (Å²) in [6.45, 7) is 4.11. The van der Waals surface area contributed by atoms with E-state index in [2.05, 4.69) is 10.2 Å². The van der Waals surface area contributed by atoms with Gasteiger partial charge in [0.05, 0.1) is 5.92 Å². The standard InChI is InChI=1S/C13H22N2O.ClH/c16-13(10-5-2-6-14-7-10)15-8-11-3-1-4-12(11)9-15;/h10-12,14H,1-9H2;1H/t10-,11?,12?;/m1./s1. The topological polar surface area (TPSA) is 32.3 Å². The molecule has 1 aliphatic carbocycles. The maximum absolute atomic E-state index is 12.3.